The van der Waals surface area contributed by atoms with E-state index in [1.54, 1.807) is 61.7 Å². The van der Waals surface area contributed by atoms with E-state index in [0.29, 0.717) is 61.4 Å². The summed E-state index contributed by atoms with van der Waals surface area (Å²) in [5, 5.41) is 12.7. The summed E-state index contributed by atoms with van der Waals surface area (Å²) in [6.45, 7) is 1.95. The van der Waals surface area contributed by atoms with Crippen LogP contribution in [-0.2, 0) is 23.0 Å². The van der Waals surface area contributed by atoms with Crippen LogP contribution in [0, 0.1) is 0 Å². The fourth-order valence-electron chi connectivity index (χ4n) is 4.70. The third kappa shape index (κ3) is 7.42. The molecule has 3 N–H and O–H groups in total. The van der Waals surface area contributed by atoms with Gasteiger partial charge < -0.3 is 15.2 Å². The highest BCUT2D eigenvalue weighted by Crippen LogP contribution is 2.31. The van der Waals surface area contributed by atoms with Crippen molar-refractivity contribution in [3.63, 3.8) is 0 Å². The molecule has 3 aromatic carbocycles. The van der Waals surface area contributed by atoms with Gasteiger partial charge in [-0.05, 0) is 60.7 Å². The first-order chi connectivity index (χ1) is 19.3. The average Bonchev–Trinajstić information content (AvgIpc) is 2.95. The van der Waals surface area contributed by atoms with Crippen molar-refractivity contribution in [1.82, 2.24) is 14.9 Å². The highest BCUT2D eigenvalue weighted by atomic mass is 35.5. The second-order valence-corrected chi connectivity index (χ2v) is 11.4. The maximum absolute atomic E-state index is 13.5. The molecule has 0 radical (unpaired) electrons. The van der Waals surface area contributed by atoms with Gasteiger partial charge in [-0.25, -0.2) is 22.8 Å². The highest BCUT2D eigenvalue weighted by Gasteiger charge is 2.21. The Hall–Kier alpha value is -3.51. The molecule has 5 rings (SSSR count). The van der Waals surface area contributed by atoms with Crippen LogP contribution in [-0.4, -0.2) is 61.4 Å². The Kier molecular flexibility index (Phi) is 9.98. The maximum Gasteiger partial charge on any atom is 0.263 e. The molecule has 0 spiro atoms. The molecule has 2 heterocycles. The number of alkyl halides is 1. The molecule has 1 aliphatic rings. The number of ether oxygens (including phenoxy) is 1. The summed E-state index contributed by atoms with van der Waals surface area (Å²) in [5.41, 5.74) is 3.48. The number of halogens is 2. The van der Waals surface area contributed by atoms with E-state index >= 15 is 0 Å². The van der Waals surface area contributed by atoms with Crippen LogP contribution in [0.1, 0.15) is 24.0 Å². The van der Waals surface area contributed by atoms with Crippen molar-refractivity contribution in [2.45, 2.75) is 36.9 Å². The molecule has 0 saturated carbocycles. The van der Waals surface area contributed by atoms with Gasteiger partial charge >= 0.3 is 0 Å². The number of anilines is 3. The van der Waals surface area contributed by atoms with Crippen molar-refractivity contribution in [1.29, 1.82) is 0 Å². The van der Waals surface area contributed by atoms with E-state index in [0.717, 1.165) is 11.1 Å². The molecule has 0 unspecified atom stereocenters. The first kappa shape index (κ1) is 30.4. The van der Waals surface area contributed by atoms with Crippen LogP contribution in [0.25, 0.3) is 11.0 Å². The van der Waals surface area contributed by atoms with Crippen LogP contribution < -0.4 is 14.8 Å². The number of benzene rings is 3. The zero-order valence-electron chi connectivity index (χ0n) is 22.6. The second kappa shape index (κ2) is 13.4. The van der Waals surface area contributed by atoms with Crippen LogP contribution in [0.2, 0.25) is 0 Å². The van der Waals surface area contributed by atoms with E-state index in [2.05, 4.69) is 24.9 Å². The van der Waals surface area contributed by atoms with Gasteiger partial charge in [0.25, 0.3) is 10.0 Å². The molecule has 4 aromatic rings. The number of nitrogens with zero attached hydrogens (tertiary/aromatic N) is 3. The van der Waals surface area contributed by atoms with Gasteiger partial charge in [0.1, 0.15) is 11.9 Å². The number of nitrogens with one attached hydrogen (secondary N) is 2. The molecular weight excluding hydrogens is 569 g/mol. The highest BCUT2D eigenvalue weighted by molar-refractivity contribution is 7.92. The molecule has 12 heteroatoms. The van der Waals surface area contributed by atoms with Crippen molar-refractivity contribution in [2.24, 2.45) is 0 Å². The summed E-state index contributed by atoms with van der Waals surface area (Å²) in [6.07, 6.45) is 0.692. The molecule has 41 heavy (non-hydrogen) atoms. The average molecular weight is 602 g/mol. The molecule has 218 valence electrons. The first-order valence-corrected chi connectivity index (χ1v) is 14.6. The number of hydrogen-bond acceptors (Lipinski definition) is 8. The quantitative estimate of drug-likeness (QED) is 0.231. The number of piperidine rings is 1. The normalized spacial score (nSPS) is 14.4. The predicted molar refractivity (Wildman–Crippen MR) is 161 cm³/mol. The van der Waals surface area contributed by atoms with E-state index in [1.807, 2.05) is 12.1 Å². The molecule has 0 aliphatic carbocycles. The monoisotopic (exact) mass is 601 g/mol. The number of aliphatic hydroxyl groups excluding tert-OH is 1. The number of fused-ring (bicyclic) bond motifs is 1. The summed E-state index contributed by atoms with van der Waals surface area (Å²) in [7, 11) is -2.45. The topological polar surface area (TPSA) is 117 Å². The Bertz CT molecular complexity index is 1580. The lowest BCUT2D eigenvalue weighted by atomic mass is 10.1. The number of aliphatic hydroxyl groups is 1. The van der Waals surface area contributed by atoms with Gasteiger partial charge in [0.2, 0.25) is 0 Å². The van der Waals surface area contributed by atoms with Crippen LogP contribution in [0.5, 0.6) is 5.75 Å². The lowest BCUT2D eigenvalue weighted by molar-refractivity contribution is 0.145. The molecule has 1 saturated heterocycles. The number of likely N-dealkylation sites (tertiary alicyclic amines) is 1. The smallest absolute Gasteiger partial charge is 0.263 e. The SMILES string of the molecule is COc1ccc(CCO)c(Nc2nc3ccccc3nc2NS(=O)(=O)c2ccc(CN3CCC(F)CC3)cc2)c1.Cl. The van der Waals surface area contributed by atoms with Gasteiger partial charge in [-0.15, -0.1) is 12.4 Å². The number of methoxy groups -OCH3 is 1. The Labute approximate surface area is 245 Å². The summed E-state index contributed by atoms with van der Waals surface area (Å²) >= 11 is 0. The van der Waals surface area contributed by atoms with Gasteiger partial charge in [0.15, 0.2) is 11.6 Å². The van der Waals surface area contributed by atoms with Gasteiger partial charge in [0.05, 0.1) is 23.0 Å². The lowest BCUT2D eigenvalue weighted by Crippen LogP contribution is -2.33. The van der Waals surface area contributed by atoms with Crippen LogP contribution in [0.4, 0.5) is 21.7 Å². The Morgan fingerprint density at radius 2 is 1.66 bits per heavy atom. The van der Waals surface area contributed by atoms with E-state index in [-0.39, 0.29) is 35.5 Å². The minimum Gasteiger partial charge on any atom is -0.497 e. The van der Waals surface area contributed by atoms with E-state index < -0.39 is 16.2 Å². The Morgan fingerprint density at radius 1 is 1.00 bits per heavy atom. The zero-order chi connectivity index (χ0) is 28.1. The predicted octanol–water partition coefficient (Wildman–Crippen LogP) is 5.07. The fraction of sp³-hybridized carbons (Fsp3) is 0.310. The molecule has 0 bridgehead atoms. The van der Waals surface area contributed by atoms with E-state index in [9.17, 15) is 17.9 Å². The summed E-state index contributed by atoms with van der Waals surface area (Å²) in [6, 6.07) is 19.2. The molecule has 0 atom stereocenters. The van der Waals surface area contributed by atoms with Gasteiger partial charge in [-0.1, -0.05) is 30.3 Å². The zero-order valence-corrected chi connectivity index (χ0v) is 24.2. The number of aromatic nitrogens is 2. The van der Waals surface area contributed by atoms with Crippen LogP contribution >= 0.6 is 12.4 Å². The Balaban J connectivity index is 0.00000387. The van der Waals surface area contributed by atoms with Crippen molar-refractivity contribution >= 4 is 50.8 Å². The van der Waals surface area contributed by atoms with Crippen LogP contribution in [0.3, 0.4) is 0 Å². The number of hydrogen-bond donors (Lipinski definition) is 3. The third-order valence-corrected chi connectivity index (χ3v) is 8.26. The van der Waals surface area contributed by atoms with Gasteiger partial charge in [0, 0.05) is 38.0 Å². The standard InChI is InChI=1S/C29H32FN5O4S.ClH/c1-39-23-9-8-21(14-17-36)27(18-23)33-28-29(32-26-5-3-2-4-25(26)31-28)34-40(37,38)24-10-6-20(7-11-24)19-35-15-12-22(30)13-16-35;/h2-11,18,22,36H,12-17,19H2,1H3,(H,31,33)(H,32,34);1H. The minimum atomic E-state index is -4.01. The molecule has 1 aliphatic heterocycles. The first-order valence-electron chi connectivity index (χ1n) is 13.1. The fourth-order valence-corrected chi connectivity index (χ4v) is 5.71. The van der Waals surface area contributed by atoms with Crippen molar-refractivity contribution in [3.8, 4) is 5.75 Å². The Morgan fingerprint density at radius 3 is 2.29 bits per heavy atom. The van der Waals surface area contributed by atoms with Crippen LogP contribution in [0.15, 0.2) is 71.6 Å². The van der Waals surface area contributed by atoms with Gasteiger partial charge in [-0.2, -0.15) is 0 Å². The summed E-state index contributed by atoms with van der Waals surface area (Å²) in [5.74, 6) is 0.839. The lowest BCUT2D eigenvalue weighted by Gasteiger charge is -2.28. The van der Waals surface area contributed by atoms with E-state index in [1.165, 1.54) is 0 Å². The minimum absolute atomic E-state index is 0. The summed E-state index contributed by atoms with van der Waals surface area (Å²) < 4.78 is 48.3. The van der Waals surface area contributed by atoms with Crippen molar-refractivity contribution in [2.75, 3.05) is 36.8 Å². The summed E-state index contributed by atoms with van der Waals surface area (Å²) in [4.78, 5) is 11.5. The molecule has 0 amide bonds. The third-order valence-electron chi connectivity index (χ3n) is 6.91. The molecular formula is C29H33ClFN5O4S. The second-order valence-electron chi connectivity index (χ2n) is 9.73. The van der Waals surface area contributed by atoms with E-state index in [4.69, 9.17) is 4.74 Å². The van der Waals surface area contributed by atoms with Crippen molar-refractivity contribution in [3.05, 3.63) is 77.9 Å². The number of para-hydroxylation sites is 2. The van der Waals surface area contributed by atoms with Gasteiger partial charge in [-0.3, -0.25) is 9.62 Å². The maximum atomic E-state index is 13.5. The number of rotatable bonds is 10. The number of sulfonamides is 1. The largest absolute Gasteiger partial charge is 0.497 e. The molecule has 1 fully saturated rings. The van der Waals surface area contributed by atoms with Crippen molar-refractivity contribution < 1.29 is 22.7 Å². The molecule has 1 aromatic heterocycles. The molecule has 9 nitrogen and oxygen atoms in total.